The largest absolute Gasteiger partial charge is 0.310 e. The Morgan fingerprint density at radius 1 is 0.400 bits per heavy atom. The van der Waals surface area contributed by atoms with Crippen molar-refractivity contribution < 1.29 is 8.42 Å². The maximum Gasteiger partial charge on any atom is 0.207 e. The molecular formula is C54H35N3O2S. The first-order valence-electron chi connectivity index (χ1n) is 20.1. The molecule has 8 aromatic carbocycles. The molecule has 0 aliphatic carbocycles. The number of hydrogen-bond acceptors (Lipinski definition) is 4. The van der Waals surface area contributed by atoms with Crippen molar-refractivity contribution in [2.75, 3.05) is 4.90 Å². The van der Waals surface area contributed by atoms with Gasteiger partial charge in [0.2, 0.25) is 9.84 Å². The van der Waals surface area contributed by atoms with E-state index in [1.54, 1.807) is 6.07 Å². The Morgan fingerprint density at radius 2 is 0.917 bits per heavy atom. The van der Waals surface area contributed by atoms with Gasteiger partial charge in [-0.3, -0.25) is 0 Å². The van der Waals surface area contributed by atoms with Crippen LogP contribution in [0.2, 0.25) is 0 Å². The fourth-order valence-corrected chi connectivity index (χ4v) is 11.7. The van der Waals surface area contributed by atoms with E-state index in [-0.39, 0.29) is 0 Å². The van der Waals surface area contributed by atoms with Crippen LogP contribution in [0.4, 0.5) is 17.1 Å². The van der Waals surface area contributed by atoms with Gasteiger partial charge in [0, 0.05) is 27.6 Å². The lowest BCUT2D eigenvalue weighted by Crippen LogP contribution is -2.42. The average Bonchev–Trinajstić information content (AvgIpc) is 3.64. The number of sulfone groups is 1. The second kappa shape index (κ2) is 13.0. The van der Waals surface area contributed by atoms with Gasteiger partial charge in [0.05, 0.1) is 54.7 Å². The third-order valence-corrected chi connectivity index (χ3v) is 14.2. The van der Waals surface area contributed by atoms with E-state index in [0.29, 0.717) is 9.79 Å². The van der Waals surface area contributed by atoms with Crippen LogP contribution >= 0.6 is 0 Å². The maximum absolute atomic E-state index is 15.3. The van der Waals surface area contributed by atoms with Gasteiger partial charge in [-0.05, 0) is 82.9 Å². The van der Waals surface area contributed by atoms with E-state index in [1.165, 1.54) is 0 Å². The summed E-state index contributed by atoms with van der Waals surface area (Å²) in [6.07, 6.45) is 0. The van der Waals surface area contributed by atoms with Crippen LogP contribution in [0, 0.1) is 0 Å². The minimum atomic E-state index is -3.98. The van der Waals surface area contributed by atoms with Crippen molar-refractivity contribution in [3.05, 3.63) is 235 Å². The minimum Gasteiger partial charge on any atom is -0.310 e. The number of benzene rings is 8. The zero-order chi connectivity index (χ0) is 40.0. The number of pyridine rings is 1. The van der Waals surface area contributed by atoms with Crippen molar-refractivity contribution in [1.82, 2.24) is 9.55 Å². The van der Waals surface area contributed by atoms with Gasteiger partial charge in [-0.2, -0.15) is 0 Å². The van der Waals surface area contributed by atoms with Crippen LogP contribution in [0.25, 0.3) is 50.0 Å². The van der Waals surface area contributed by atoms with Gasteiger partial charge in [0.25, 0.3) is 0 Å². The Labute approximate surface area is 348 Å². The van der Waals surface area contributed by atoms with Crippen molar-refractivity contribution in [3.8, 4) is 28.2 Å². The number of para-hydroxylation sites is 4. The highest BCUT2D eigenvalue weighted by molar-refractivity contribution is 7.91. The zero-order valence-electron chi connectivity index (χ0n) is 32.3. The van der Waals surface area contributed by atoms with E-state index >= 15 is 8.42 Å². The highest BCUT2D eigenvalue weighted by Gasteiger charge is 2.53. The molecule has 0 saturated heterocycles. The summed E-state index contributed by atoms with van der Waals surface area (Å²) in [6, 6.07) is 72.3. The van der Waals surface area contributed by atoms with Crippen molar-refractivity contribution in [3.63, 3.8) is 0 Å². The number of anilines is 3. The predicted molar refractivity (Wildman–Crippen MR) is 241 cm³/mol. The third kappa shape index (κ3) is 4.79. The van der Waals surface area contributed by atoms with Crippen molar-refractivity contribution >= 4 is 48.7 Å². The van der Waals surface area contributed by atoms with Crippen molar-refractivity contribution in [2.24, 2.45) is 0 Å². The SMILES string of the molecule is O=S1(=O)c2ccccc2C2(c3ccccc3N(c3ccccc3)c3ccccc32)c2cc3c(cc21)c1ccccc1n3-c1cc(-c2ccccc2)nc(-c2ccccc2)c1. The number of nitrogens with zero attached hydrogens (tertiary/aromatic N) is 3. The Kier molecular flexibility index (Phi) is 7.46. The summed E-state index contributed by atoms with van der Waals surface area (Å²) >= 11 is 0. The molecule has 5 nitrogen and oxygen atoms in total. The molecule has 0 bridgehead atoms. The Bertz CT molecular complexity index is 3350. The third-order valence-electron chi connectivity index (χ3n) is 12.4. The first-order valence-corrected chi connectivity index (χ1v) is 21.6. The standard InChI is InChI=1S/C54H35N3O2S/c58-60(59)52-31-17-13-27-44(52)54(42-25-11-15-29-49(42)56(38-22-8-3-9-23-38)50-30-16-12-26-43(50)54)45-35-51-41(34-53(45)60)40-24-10-14-28-48(40)57(51)39-32-46(36-18-4-1-5-19-36)55-47(33-39)37-20-6-2-7-21-37/h1-35H. The normalized spacial score (nSPS) is 14.4. The van der Waals surface area contributed by atoms with Crippen molar-refractivity contribution in [2.45, 2.75) is 15.2 Å². The minimum absolute atomic E-state index is 0.319. The van der Waals surface area contributed by atoms with Gasteiger partial charge in [0.15, 0.2) is 0 Å². The second-order valence-electron chi connectivity index (χ2n) is 15.5. The molecule has 284 valence electrons. The van der Waals surface area contributed by atoms with Crippen LogP contribution in [0.15, 0.2) is 222 Å². The van der Waals surface area contributed by atoms with E-state index in [1.807, 2.05) is 72.8 Å². The number of fused-ring (bicyclic) bond motifs is 11. The summed E-state index contributed by atoms with van der Waals surface area (Å²) < 4.78 is 32.8. The Hall–Kier alpha value is -7.54. The Morgan fingerprint density at radius 3 is 1.55 bits per heavy atom. The maximum atomic E-state index is 15.3. The quantitative estimate of drug-likeness (QED) is 0.178. The van der Waals surface area contributed by atoms with Crippen LogP contribution < -0.4 is 4.90 Å². The monoisotopic (exact) mass is 789 g/mol. The second-order valence-corrected chi connectivity index (χ2v) is 17.4. The summed E-state index contributed by atoms with van der Waals surface area (Å²) in [6.45, 7) is 0. The zero-order valence-corrected chi connectivity index (χ0v) is 33.1. The van der Waals surface area contributed by atoms with Gasteiger partial charge in [0.1, 0.15) is 0 Å². The van der Waals surface area contributed by atoms with Crippen LogP contribution in [0.5, 0.6) is 0 Å². The topological polar surface area (TPSA) is 55.2 Å². The molecule has 1 spiro atoms. The van der Waals surface area contributed by atoms with Crippen molar-refractivity contribution in [1.29, 1.82) is 0 Å². The molecule has 6 heteroatoms. The Balaban J connectivity index is 1.23. The van der Waals surface area contributed by atoms with Crippen LogP contribution in [-0.2, 0) is 15.3 Å². The van der Waals surface area contributed by atoms with E-state index in [2.05, 4.69) is 143 Å². The lowest BCUT2D eigenvalue weighted by Gasteiger charge is -2.48. The van der Waals surface area contributed by atoms with Gasteiger partial charge in [-0.15, -0.1) is 0 Å². The highest BCUT2D eigenvalue weighted by Crippen LogP contribution is 2.62. The molecule has 2 aliphatic heterocycles. The molecule has 0 saturated carbocycles. The summed E-state index contributed by atoms with van der Waals surface area (Å²) in [7, 11) is -3.98. The molecule has 0 unspecified atom stereocenters. The van der Waals surface area contributed by atoms with E-state index in [0.717, 1.165) is 89.3 Å². The summed E-state index contributed by atoms with van der Waals surface area (Å²) in [5, 5.41) is 1.84. The summed E-state index contributed by atoms with van der Waals surface area (Å²) in [5.74, 6) is 0. The predicted octanol–water partition coefficient (Wildman–Crippen LogP) is 12.8. The fraction of sp³-hybridized carbons (Fsp3) is 0.0185. The molecule has 0 atom stereocenters. The van der Waals surface area contributed by atoms with Crippen LogP contribution in [-0.4, -0.2) is 18.0 Å². The summed E-state index contributed by atoms with van der Waals surface area (Å²) in [5.41, 5.74) is 12.1. The molecule has 2 aliphatic rings. The van der Waals surface area contributed by atoms with E-state index < -0.39 is 15.3 Å². The first kappa shape index (κ1) is 34.5. The van der Waals surface area contributed by atoms with E-state index in [9.17, 15) is 0 Å². The van der Waals surface area contributed by atoms with Gasteiger partial charge in [-0.1, -0.05) is 152 Å². The fourth-order valence-electron chi connectivity index (χ4n) is 9.90. The number of aromatic nitrogens is 2. The summed E-state index contributed by atoms with van der Waals surface area (Å²) in [4.78, 5) is 8.17. The molecule has 4 heterocycles. The molecule has 60 heavy (non-hydrogen) atoms. The highest BCUT2D eigenvalue weighted by atomic mass is 32.2. The lowest BCUT2D eigenvalue weighted by atomic mass is 9.62. The molecule has 0 radical (unpaired) electrons. The molecule has 10 aromatic rings. The smallest absolute Gasteiger partial charge is 0.207 e. The molecule has 2 aromatic heterocycles. The molecule has 0 fully saturated rings. The van der Waals surface area contributed by atoms with Gasteiger partial charge >= 0.3 is 0 Å². The van der Waals surface area contributed by atoms with Gasteiger partial charge < -0.3 is 9.47 Å². The van der Waals surface area contributed by atoms with Crippen LogP contribution in [0.3, 0.4) is 0 Å². The lowest BCUT2D eigenvalue weighted by molar-refractivity contribution is 0.578. The number of hydrogen-bond donors (Lipinski definition) is 0. The molecule has 0 amide bonds. The molecule has 12 rings (SSSR count). The number of rotatable bonds is 4. The molecular weight excluding hydrogens is 755 g/mol. The van der Waals surface area contributed by atoms with E-state index in [4.69, 9.17) is 4.98 Å². The average molecular weight is 790 g/mol. The van der Waals surface area contributed by atoms with Gasteiger partial charge in [-0.25, -0.2) is 13.4 Å². The molecule has 0 N–H and O–H groups in total. The first-order chi connectivity index (χ1) is 29.5. The van der Waals surface area contributed by atoms with Crippen LogP contribution in [0.1, 0.15) is 22.3 Å².